The van der Waals surface area contributed by atoms with Gasteiger partial charge in [0.1, 0.15) is 18.1 Å². The molecular weight excluding hydrogens is 328 g/mol. The monoisotopic (exact) mass is 354 g/mol. The zero-order chi connectivity index (χ0) is 18.7. The Morgan fingerprint density at radius 3 is 2.62 bits per heavy atom. The second-order valence-electron chi connectivity index (χ2n) is 7.00. The number of carbonyl (C=O) groups is 1. The summed E-state index contributed by atoms with van der Waals surface area (Å²) in [5.74, 6) is 1.62. The molecule has 0 aliphatic carbocycles. The zero-order valence-corrected chi connectivity index (χ0v) is 15.9. The number of nitrogens with zero attached hydrogens (tertiary/aromatic N) is 2. The molecule has 138 valence electrons. The van der Waals surface area contributed by atoms with Gasteiger partial charge in [-0.1, -0.05) is 17.7 Å². The van der Waals surface area contributed by atoms with Crippen LogP contribution in [0.3, 0.4) is 0 Å². The molecule has 0 saturated heterocycles. The highest BCUT2D eigenvalue weighted by molar-refractivity contribution is 5.94. The number of likely N-dealkylation sites (N-methyl/N-ethyl adjacent to an activating group) is 1. The molecule has 0 fully saturated rings. The lowest BCUT2D eigenvalue weighted by Gasteiger charge is -2.31. The fourth-order valence-corrected chi connectivity index (χ4v) is 3.27. The van der Waals surface area contributed by atoms with Crippen molar-refractivity contribution in [2.24, 2.45) is 0 Å². The summed E-state index contributed by atoms with van der Waals surface area (Å²) in [6.07, 6.45) is 0. The standard InChI is InChI=1S/C21H26N2O3/c1-15-5-10-20-17(11-15)12-23(18(14-26-20)13-22(2)3)21(24)16-6-8-19(25-4)9-7-16/h5-11,18H,12-14H2,1-4H3/t18-/m1/s1. The van der Waals surface area contributed by atoms with Gasteiger partial charge in [-0.05, 0) is 51.4 Å². The summed E-state index contributed by atoms with van der Waals surface area (Å²) in [5.41, 5.74) is 2.87. The molecule has 0 radical (unpaired) electrons. The molecule has 5 nitrogen and oxygen atoms in total. The number of rotatable bonds is 4. The topological polar surface area (TPSA) is 42.0 Å². The van der Waals surface area contributed by atoms with E-state index in [4.69, 9.17) is 9.47 Å². The van der Waals surface area contributed by atoms with E-state index in [1.807, 2.05) is 55.4 Å². The van der Waals surface area contributed by atoms with E-state index in [2.05, 4.69) is 17.9 Å². The average Bonchev–Trinajstić information content (AvgIpc) is 2.80. The number of benzene rings is 2. The van der Waals surface area contributed by atoms with E-state index in [9.17, 15) is 4.79 Å². The van der Waals surface area contributed by atoms with Crippen LogP contribution in [0.2, 0.25) is 0 Å². The van der Waals surface area contributed by atoms with Gasteiger partial charge in [0.25, 0.3) is 5.91 Å². The Morgan fingerprint density at radius 1 is 1.23 bits per heavy atom. The van der Waals surface area contributed by atoms with Gasteiger partial charge < -0.3 is 19.3 Å². The van der Waals surface area contributed by atoms with Crippen LogP contribution in [0, 0.1) is 6.92 Å². The Labute approximate surface area is 155 Å². The molecule has 1 aliphatic rings. The van der Waals surface area contributed by atoms with Crippen molar-refractivity contribution < 1.29 is 14.3 Å². The Morgan fingerprint density at radius 2 is 1.96 bits per heavy atom. The first kappa shape index (κ1) is 18.3. The average molecular weight is 354 g/mol. The molecule has 0 saturated carbocycles. The van der Waals surface area contributed by atoms with Crippen LogP contribution >= 0.6 is 0 Å². The normalized spacial score (nSPS) is 16.7. The largest absolute Gasteiger partial charge is 0.497 e. The fourth-order valence-electron chi connectivity index (χ4n) is 3.27. The maximum atomic E-state index is 13.2. The van der Waals surface area contributed by atoms with E-state index in [-0.39, 0.29) is 11.9 Å². The lowest BCUT2D eigenvalue weighted by molar-refractivity contribution is 0.0583. The van der Waals surface area contributed by atoms with Gasteiger partial charge in [0.2, 0.25) is 0 Å². The van der Waals surface area contributed by atoms with Gasteiger partial charge in [-0.3, -0.25) is 4.79 Å². The number of aryl methyl sites for hydroxylation is 1. The van der Waals surface area contributed by atoms with Crippen LogP contribution in [0.4, 0.5) is 0 Å². The highest BCUT2D eigenvalue weighted by Crippen LogP contribution is 2.27. The molecule has 1 amide bonds. The van der Waals surface area contributed by atoms with E-state index < -0.39 is 0 Å². The molecule has 3 rings (SSSR count). The molecular formula is C21H26N2O3. The number of hydrogen-bond donors (Lipinski definition) is 0. The van der Waals surface area contributed by atoms with Crippen molar-refractivity contribution in [2.45, 2.75) is 19.5 Å². The Balaban J connectivity index is 1.93. The second-order valence-corrected chi connectivity index (χ2v) is 7.00. The number of methoxy groups -OCH3 is 1. The van der Waals surface area contributed by atoms with Crippen LogP contribution < -0.4 is 9.47 Å². The quantitative estimate of drug-likeness (QED) is 0.847. The number of amides is 1. The van der Waals surface area contributed by atoms with Gasteiger partial charge in [0, 0.05) is 17.7 Å². The SMILES string of the molecule is COc1ccc(C(=O)N2Cc3cc(C)ccc3OC[C@H]2CN(C)C)cc1. The Bertz CT molecular complexity index is 771. The van der Waals surface area contributed by atoms with Gasteiger partial charge in [0.15, 0.2) is 0 Å². The van der Waals surface area contributed by atoms with E-state index in [1.54, 1.807) is 7.11 Å². The van der Waals surface area contributed by atoms with Crippen LogP contribution in [-0.4, -0.2) is 56.1 Å². The van der Waals surface area contributed by atoms with Gasteiger partial charge >= 0.3 is 0 Å². The number of hydrogen-bond acceptors (Lipinski definition) is 4. The molecule has 5 heteroatoms. The summed E-state index contributed by atoms with van der Waals surface area (Å²) in [6, 6.07) is 13.4. The predicted octanol–water partition coefficient (Wildman–Crippen LogP) is 2.97. The number of fused-ring (bicyclic) bond motifs is 1. The molecule has 1 heterocycles. The lowest BCUT2D eigenvalue weighted by Crippen LogP contribution is -2.47. The third kappa shape index (κ3) is 3.99. The van der Waals surface area contributed by atoms with Crippen molar-refractivity contribution in [3.05, 3.63) is 59.2 Å². The predicted molar refractivity (Wildman–Crippen MR) is 102 cm³/mol. The molecule has 1 atom stereocenters. The van der Waals surface area contributed by atoms with E-state index in [0.29, 0.717) is 18.7 Å². The summed E-state index contributed by atoms with van der Waals surface area (Å²) in [6.45, 7) is 3.82. The van der Waals surface area contributed by atoms with Crippen molar-refractivity contribution in [3.8, 4) is 11.5 Å². The van der Waals surface area contributed by atoms with Gasteiger partial charge in [0.05, 0.1) is 19.7 Å². The van der Waals surface area contributed by atoms with Crippen LogP contribution in [0.5, 0.6) is 11.5 Å². The highest BCUT2D eigenvalue weighted by atomic mass is 16.5. The number of ether oxygens (including phenoxy) is 2. The van der Waals surface area contributed by atoms with Crippen molar-refractivity contribution in [2.75, 3.05) is 34.4 Å². The fraction of sp³-hybridized carbons (Fsp3) is 0.381. The maximum absolute atomic E-state index is 13.2. The second kappa shape index (κ2) is 7.79. The minimum absolute atomic E-state index is 0.0115. The first-order chi connectivity index (χ1) is 12.5. The van der Waals surface area contributed by atoms with Crippen LogP contribution in [0.25, 0.3) is 0 Å². The Hall–Kier alpha value is -2.53. The third-order valence-electron chi connectivity index (χ3n) is 4.60. The molecule has 0 aromatic heterocycles. The highest BCUT2D eigenvalue weighted by Gasteiger charge is 2.29. The minimum atomic E-state index is -0.0210. The molecule has 2 aromatic carbocycles. The van der Waals surface area contributed by atoms with Gasteiger partial charge in [-0.15, -0.1) is 0 Å². The van der Waals surface area contributed by atoms with Crippen molar-refractivity contribution in [1.82, 2.24) is 9.80 Å². The first-order valence-corrected chi connectivity index (χ1v) is 8.80. The molecule has 0 spiro atoms. The molecule has 0 unspecified atom stereocenters. The van der Waals surface area contributed by atoms with Crippen molar-refractivity contribution in [3.63, 3.8) is 0 Å². The summed E-state index contributed by atoms with van der Waals surface area (Å²) >= 11 is 0. The molecule has 1 aliphatic heterocycles. The van der Waals surface area contributed by atoms with E-state index in [0.717, 1.165) is 29.2 Å². The smallest absolute Gasteiger partial charge is 0.254 e. The summed E-state index contributed by atoms with van der Waals surface area (Å²) in [4.78, 5) is 17.3. The first-order valence-electron chi connectivity index (χ1n) is 8.80. The van der Waals surface area contributed by atoms with Crippen LogP contribution in [0.1, 0.15) is 21.5 Å². The number of carbonyl (C=O) groups excluding carboxylic acids is 1. The third-order valence-corrected chi connectivity index (χ3v) is 4.60. The van der Waals surface area contributed by atoms with Crippen LogP contribution in [-0.2, 0) is 6.54 Å². The summed E-state index contributed by atoms with van der Waals surface area (Å²) in [5, 5.41) is 0. The maximum Gasteiger partial charge on any atom is 0.254 e. The summed E-state index contributed by atoms with van der Waals surface area (Å²) in [7, 11) is 5.64. The minimum Gasteiger partial charge on any atom is -0.497 e. The van der Waals surface area contributed by atoms with E-state index in [1.165, 1.54) is 0 Å². The van der Waals surface area contributed by atoms with Crippen molar-refractivity contribution in [1.29, 1.82) is 0 Å². The molecule has 2 aromatic rings. The van der Waals surface area contributed by atoms with Crippen molar-refractivity contribution >= 4 is 5.91 Å². The summed E-state index contributed by atoms with van der Waals surface area (Å²) < 4.78 is 11.2. The van der Waals surface area contributed by atoms with E-state index >= 15 is 0 Å². The van der Waals surface area contributed by atoms with Gasteiger partial charge in [-0.25, -0.2) is 0 Å². The van der Waals surface area contributed by atoms with Crippen LogP contribution in [0.15, 0.2) is 42.5 Å². The zero-order valence-electron chi connectivity index (χ0n) is 15.9. The molecule has 0 N–H and O–H groups in total. The molecule has 26 heavy (non-hydrogen) atoms. The van der Waals surface area contributed by atoms with Gasteiger partial charge in [-0.2, -0.15) is 0 Å². The molecule has 0 bridgehead atoms. The Kier molecular flexibility index (Phi) is 5.47. The lowest BCUT2D eigenvalue weighted by atomic mass is 10.1.